The number of nitrogens with one attached hydrogen (secondary N) is 2. The molecule has 2 N–H and O–H groups in total. The summed E-state index contributed by atoms with van der Waals surface area (Å²) in [6, 6.07) is 16.3. The number of carbonyl (C=O) groups is 2. The normalized spacial score (nSPS) is 10.8. The molecule has 0 bridgehead atoms. The number of pyridine rings is 1. The van der Waals surface area contributed by atoms with E-state index in [0.29, 0.717) is 17.0 Å². The highest BCUT2D eigenvalue weighted by Gasteiger charge is 2.21. The van der Waals surface area contributed by atoms with Crippen LogP contribution in [0.25, 0.3) is 5.52 Å². The van der Waals surface area contributed by atoms with Gasteiger partial charge in [-0.15, -0.1) is 0 Å². The number of imidazole rings is 1. The number of furan rings is 1. The van der Waals surface area contributed by atoms with Gasteiger partial charge in [0.05, 0.1) is 18.3 Å². The Morgan fingerprint density at radius 2 is 1.86 bits per heavy atom. The van der Waals surface area contributed by atoms with E-state index >= 15 is 0 Å². The second-order valence-corrected chi connectivity index (χ2v) is 6.32. The summed E-state index contributed by atoms with van der Waals surface area (Å²) >= 11 is 0. The maximum atomic E-state index is 12.8. The summed E-state index contributed by atoms with van der Waals surface area (Å²) in [5, 5.41) is 5.58. The molecule has 0 radical (unpaired) electrons. The first-order chi connectivity index (χ1) is 13.6. The SMILES string of the molecule is Cc1ccc(NC(=O)c2nc(C(=O)NCc3ccco3)n3ccccc23)cc1. The third-order valence-electron chi connectivity index (χ3n) is 4.28. The summed E-state index contributed by atoms with van der Waals surface area (Å²) in [5.74, 6) is -0.00705. The Balaban J connectivity index is 1.61. The number of benzene rings is 1. The Morgan fingerprint density at radius 3 is 2.61 bits per heavy atom. The highest BCUT2D eigenvalue weighted by Crippen LogP contribution is 2.16. The molecule has 0 unspecified atom stereocenters. The van der Waals surface area contributed by atoms with Crippen molar-refractivity contribution < 1.29 is 14.0 Å². The lowest BCUT2D eigenvalue weighted by Crippen LogP contribution is -2.25. The molecule has 0 fully saturated rings. The number of fused-ring (bicyclic) bond motifs is 1. The summed E-state index contributed by atoms with van der Waals surface area (Å²) in [7, 11) is 0. The maximum Gasteiger partial charge on any atom is 0.288 e. The predicted octanol–water partition coefficient (Wildman–Crippen LogP) is 3.42. The van der Waals surface area contributed by atoms with E-state index in [2.05, 4.69) is 15.6 Å². The molecule has 2 amide bonds. The molecule has 0 aliphatic heterocycles. The van der Waals surface area contributed by atoms with E-state index in [1.165, 1.54) is 0 Å². The maximum absolute atomic E-state index is 12.8. The number of anilines is 1. The smallest absolute Gasteiger partial charge is 0.288 e. The van der Waals surface area contributed by atoms with Gasteiger partial charge in [-0.05, 0) is 43.3 Å². The molecule has 7 heteroatoms. The number of hydrogen-bond acceptors (Lipinski definition) is 4. The van der Waals surface area contributed by atoms with E-state index < -0.39 is 5.91 Å². The zero-order valence-electron chi connectivity index (χ0n) is 15.2. The lowest BCUT2D eigenvalue weighted by molar-refractivity contribution is 0.0937. The Hall–Kier alpha value is -3.87. The van der Waals surface area contributed by atoms with E-state index in [1.807, 2.05) is 31.2 Å². The van der Waals surface area contributed by atoms with Gasteiger partial charge in [-0.1, -0.05) is 23.8 Å². The van der Waals surface area contributed by atoms with Gasteiger partial charge in [0.25, 0.3) is 11.8 Å². The molecule has 0 saturated heterocycles. The molecule has 4 rings (SSSR count). The number of nitrogens with zero attached hydrogens (tertiary/aromatic N) is 2. The van der Waals surface area contributed by atoms with Crippen LogP contribution in [0, 0.1) is 6.92 Å². The number of rotatable bonds is 5. The molecule has 3 heterocycles. The number of aryl methyl sites for hydroxylation is 1. The average molecular weight is 374 g/mol. The lowest BCUT2D eigenvalue weighted by Gasteiger charge is -2.04. The molecular weight excluding hydrogens is 356 g/mol. The molecule has 3 aromatic heterocycles. The van der Waals surface area contributed by atoms with E-state index in [0.717, 1.165) is 5.56 Å². The van der Waals surface area contributed by atoms with Crippen LogP contribution in [0.3, 0.4) is 0 Å². The molecule has 28 heavy (non-hydrogen) atoms. The predicted molar refractivity (Wildman–Crippen MR) is 104 cm³/mol. The average Bonchev–Trinajstić information content (AvgIpc) is 3.36. The van der Waals surface area contributed by atoms with E-state index in [1.54, 1.807) is 47.2 Å². The van der Waals surface area contributed by atoms with Crippen molar-refractivity contribution in [2.24, 2.45) is 0 Å². The number of hydrogen-bond donors (Lipinski definition) is 2. The molecule has 0 saturated carbocycles. The van der Waals surface area contributed by atoms with E-state index in [4.69, 9.17) is 4.42 Å². The van der Waals surface area contributed by atoms with Crippen LogP contribution >= 0.6 is 0 Å². The third-order valence-corrected chi connectivity index (χ3v) is 4.28. The summed E-state index contributed by atoms with van der Waals surface area (Å²) in [6.07, 6.45) is 3.24. The van der Waals surface area contributed by atoms with Crippen molar-refractivity contribution in [2.45, 2.75) is 13.5 Å². The molecule has 4 aromatic rings. The summed E-state index contributed by atoms with van der Waals surface area (Å²) < 4.78 is 6.82. The highest BCUT2D eigenvalue weighted by molar-refractivity contribution is 6.08. The molecule has 0 atom stereocenters. The van der Waals surface area contributed by atoms with Crippen molar-refractivity contribution in [3.05, 3.63) is 89.9 Å². The van der Waals surface area contributed by atoms with Gasteiger partial charge in [0, 0.05) is 11.9 Å². The van der Waals surface area contributed by atoms with Crippen molar-refractivity contribution in [2.75, 3.05) is 5.32 Å². The second kappa shape index (κ2) is 7.40. The zero-order chi connectivity index (χ0) is 19.5. The Morgan fingerprint density at radius 1 is 1.04 bits per heavy atom. The summed E-state index contributed by atoms with van der Waals surface area (Å²) in [5.41, 5.74) is 2.50. The van der Waals surface area contributed by atoms with Crippen LogP contribution in [0.15, 0.2) is 71.5 Å². The van der Waals surface area contributed by atoms with Gasteiger partial charge in [0.15, 0.2) is 5.69 Å². The van der Waals surface area contributed by atoms with Gasteiger partial charge in [-0.3, -0.25) is 14.0 Å². The molecule has 0 spiro atoms. The quantitative estimate of drug-likeness (QED) is 0.560. The summed E-state index contributed by atoms with van der Waals surface area (Å²) in [6.45, 7) is 2.21. The molecule has 0 aliphatic rings. The molecular formula is C21H18N4O3. The van der Waals surface area contributed by atoms with Gasteiger partial charge in [-0.2, -0.15) is 0 Å². The van der Waals surface area contributed by atoms with Crippen LogP contribution in [0.1, 0.15) is 32.4 Å². The highest BCUT2D eigenvalue weighted by atomic mass is 16.3. The number of amides is 2. The van der Waals surface area contributed by atoms with Crippen LogP contribution in [-0.4, -0.2) is 21.2 Å². The van der Waals surface area contributed by atoms with Gasteiger partial charge in [0.1, 0.15) is 5.76 Å². The first-order valence-electron chi connectivity index (χ1n) is 8.77. The second-order valence-electron chi connectivity index (χ2n) is 6.32. The largest absolute Gasteiger partial charge is 0.467 e. The monoisotopic (exact) mass is 374 g/mol. The zero-order valence-corrected chi connectivity index (χ0v) is 15.2. The van der Waals surface area contributed by atoms with Crippen LogP contribution in [0.4, 0.5) is 5.69 Å². The van der Waals surface area contributed by atoms with Crippen molar-refractivity contribution in [1.29, 1.82) is 0 Å². The first kappa shape index (κ1) is 17.5. The fraction of sp³-hybridized carbons (Fsp3) is 0.0952. The van der Waals surface area contributed by atoms with E-state index in [9.17, 15) is 9.59 Å². The first-order valence-corrected chi connectivity index (χ1v) is 8.77. The van der Waals surface area contributed by atoms with Crippen molar-refractivity contribution in [3.8, 4) is 0 Å². The molecule has 140 valence electrons. The number of carbonyl (C=O) groups excluding carboxylic acids is 2. The van der Waals surface area contributed by atoms with Crippen LogP contribution in [-0.2, 0) is 6.54 Å². The minimum atomic E-state index is -0.396. The van der Waals surface area contributed by atoms with Crippen LogP contribution < -0.4 is 10.6 Å². The molecule has 1 aromatic carbocycles. The Kier molecular flexibility index (Phi) is 4.63. The fourth-order valence-corrected chi connectivity index (χ4v) is 2.85. The lowest BCUT2D eigenvalue weighted by atomic mass is 10.2. The number of aromatic nitrogens is 2. The summed E-state index contributed by atoms with van der Waals surface area (Å²) in [4.78, 5) is 29.7. The van der Waals surface area contributed by atoms with Gasteiger partial charge < -0.3 is 15.1 Å². The van der Waals surface area contributed by atoms with Crippen molar-refractivity contribution >= 4 is 23.0 Å². The van der Waals surface area contributed by atoms with Crippen LogP contribution in [0.5, 0.6) is 0 Å². The third kappa shape index (κ3) is 3.50. The standard InChI is InChI=1S/C21H18N4O3/c1-14-7-9-15(10-8-14)23-20(26)18-17-6-2-3-11-25(17)19(24-18)21(27)22-13-16-5-4-12-28-16/h2-12H,13H2,1H3,(H,22,27)(H,23,26). The molecule has 0 aliphatic carbocycles. The Bertz CT molecular complexity index is 1130. The molecule has 7 nitrogen and oxygen atoms in total. The van der Waals surface area contributed by atoms with Crippen molar-refractivity contribution in [1.82, 2.24) is 14.7 Å². The minimum Gasteiger partial charge on any atom is -0.467 e. The van der Waals surface area contributed by atoms with Gasteiger partial charge in [0.2, 0.25) is 5.82 Å². The van der Waals surface area contributed by atoms with Crippen molar-refractivity contribution in [3.63, 3.8) is 0 Å². The van der Waals surface area contributed by atoms with E-state index in [-0.39, 0.29) is 24.0 Å². The topological polar surface area (TPSA) is 88.6 Å². The van der Waals surface area contributed by atoms with Crippen LogP contribution in [0.2, 0.25) is 0 Å². The minimum absolute atomic E-state index is 0.135. The Labute approximate surface area is 161 Å². The van der Waals surface area contributed by atoms with Gasteiger partial charge in [-0.25, -0.2) is 4.98 Å². The van der Waals surface area contributed by atoms with Gasteiger partial charge >= 0.3 is 0 Å². The fourth-order valence-electron chi connectivity index (χ4n) is 2.85.